The van der Waals surface area contributed by atoms with Crippen LogP contribution in [0.4, 0.5) is 0 Å². The molecule has 0 aliphatic carbocycles. The molecule has 1 aromatic heterocycles. The number of ether oxygens (including phenoxy) is 3. The van der Waals surface area contributed by atoms with Crippen LogP contribution in [-0.4, -0.2) is 58.6 Å². The molecule has 1 unspecified atom stereocenters. The maximum Gasteiger partial charge on any atom is 0.161 e. The molecule has 36 heavy (non-hydrogen) atoms. The fourth-order valence-electron chi connectivity index (χ4n) is 4.51. The first kappa shape index (κ1) is 26.3. The van der Waals surface area contributed by atoms with Gasteiger partial charge in [-0.05, 0) is 74.5 Å². The standard InChI is InChI=1S/C28H36ClN3O4/c1-22-5-7-24(29)26(17-22)36-20-28(33)9-3-12-31(14-10-28)19-23-6-8-25(27(18-23)34-2)35-16-4-13-32-15-11-30-21-32/h5-8,11,15,17-18,21,33H,3-4,9-10,12-14,16,19-20H2,1-2H3. The molecule has 3 aromatic rings. The minimum absolute atomic E-state index is 0.241. The summed E-state index contributed by atoms with van der Waals surface area (Å²) in [6, 6.07) is 11.8. The Morgan fingerprint density at radius 3 is 2.75 bits per heavy atom. The SMILES string of the molecule is COc1cc(CN2CCCC(O)(COc3cc(C)ccc3Cl)CC2)ccc1OCCCn1ccnc1. The van der Waals surface area contributed by atoms with E-state index >= 15 is 0 Å². The third kappa shape index (κ3) is 7.38. The molecule has 0 amide bonds. The molecule has 1 atom stereocenters. The molecular weight excluding hydrogens is 478 g/mol. The summed E-state index contributed by atoms with van der Waals surface area (Å²) in [6.45, 7) is 6.21. The van der Waals surface area contributed by atoms with Gasteiger partial charge >= 0.3 is 0 Å². The lowest BCUT2D eigenvalue weighted by Gasteiger charge is -2.27. The highest BCUT2D eigenvalue weighted by Gasteiger charge is 2.31. The smallest absolute Gasteiger partial charge is 0.161 e. The topological polar surface area (TPSA) is 69.0 Å². The van der Waals surface area contributed by atoms with E-state index < -0.39 is 5.60 Å². The first-order valence-electron chi connectivity index (χ1n) is 12.5. The number of methoxy groups -OCH3 is 1. The number of halogens is 1. The highest BCUT2D eigenvalue weighted by Crippen LogP contribution is 2.31. The second kappa shape index (κ2) is 12.5. The van der Waals surface area contributed by atoms with E-state index in [-0.39, 0.29) is 6.61 Å². The van der Waals surface area contributed by atoms with Crippen LogP contribution in [0.2, 0.25) is 5.02 Å². The minimum atomic E-state index is -0.867. The zero-order chi connectivity index (χ0) is 25.4. The second-order valence-corrected chi connectivity index (χ2v) is 9.97. The summed E-state index contributed by atoms with van der Waals surface area (Å²) < 4.78 is 19.5. The van der Waals surface area contributed by atoms with E-state index in [1.165, 1.54) is 0 Å². The van der Waals surface area contributed by atoms with Crippen molar-refractivity contribution < 1.29 is 19.3 Å². The molecule has 2 heterocycles. The third-order valence-corrected chi connectivity index (χ3v) is 6.92. The molecular formula is C28H36ClN3O4. The summed E-state index contributed by atoms with van der Waals surface area (Å²) >= 11 is 6.26. The van der Waals surface area contributed by atoms with Crippen molar-refractivity contribution in [1.82, 2.24) is 14.5 Å². The first-order valence-corrected chi connectivity index (χ1v) is 12.9. The van der Waals surface area contributed by atoms with Gasteiger partial charge in [0.15, 0.2) is 11.5 Å². The lowest BCUT2D eigenvalue weighted by molar-refractivity contribution is -0.0168. The van der Waals surface area contributed by atoms with Crippen molar-refractivity contribution in [3.05, 3.63) is 71.3 Å². The van der Waals surface area contributed by atoms with E-state index in [1.54, 1.807) is 13.3 Å². The minimum Gasteiger partial charge on any atom is -0.493 e. The lowest BCUT2D eigenvalue weighted by atomic mass is 9.96. The fourth-order valence-corrected chi connectivity index (χ4v) is 4.68. The first-order chi connectivity index (χ1) is 17.4. The maximum absolute atomic E-state index is 11.2. The predicted molar refractivity (Wildman–Crippen MR) is 141 cm³/mol. The number of benzene rings is 2. The molecule has 0 saturated carbocycles. The molecule has 1 aliphatic heterocycles. The van der Waals surface area contributed by atoms with Gasteiger partial charge in [-0.2, -0.15) is 0 Å². The predicted octanol–water partition coefficient (Wildman–Crippen LogP) is 5.12. The largest absolute Gasteiger partial charge is 0.493 e. The zero-order valence-corrected chi connectivity index (χ0v) is 21.9. The summed E-state index contributed by atoms with van der Waals surface area (Å²) in [4.78, 5) is 6.43. The number of nitrogens with zero attached hydrogens (tertiary/aromatic N) is 3. The van der Waals surface area contributed by atoms with Crippen molar-refractivity contribution in [3.63, 3.8) is 0 Å². The quantitative estimate of drug-likeness (QED) is 0.359. The zero-order valence-electron chi connectivity index (χ0n) is 21.2. The molecule has 0 bridgehead atoms. The van der Waals surface area contributed by atoms with E-state index in [1.807, 2.05) is 54.3 Å². The summed E-state index contributed by atoms with van der Waals surface area (Å²) in [7, 11) is 1.67. The van der Waals surface area contributed by atoms with Gasteiger partial charge in [0.2, 0.25) is 0 Å². The summed E-state index contributed by atoms with van der Waals surface area (Å²) in [5, 5.41) is 11.8. The van der Waals surface area contributed by atoms with Crippen LogP contribution in [0.1, 0.15) is 36.8 Å². The van der Waals surface area contributed by atoms with E-state index in [2.05, 4.69) is 16.0 Å². The highest BCUT2D eigenvalue weighted by atomic mass is 35.5. The van der Waals surface area contributed by atoms with Crippen molar-refractivity contribution in [3.8, 4) is 17.2 Å². The van der Waals surface area contributed by atoms with E-state index in [4.69, 9.17) is 25.8 Å². The maximum atomic E-state index is 11.2. The van der Waals surface area contributed by atoms with Crippen LogP contribution >= 0.6 is 11.6 Å². The number of aryl methyl sites for hydroxylation is 2. The van der Waals surface area contributed by atoms with Crippen LogP contribution < -0.4 is 14.2 Å². The number of imidazole rings is 1. The van der Waals surface area contributed by atoms with Crippen molar-refractivity contribution >= 4 is 11.6 Å². The van der Waals surface area contributed by atoms with Gasteiger partial charge in [-0.1, -0.05) is 23.7 Å². The number of likely N-dealkylation sites (tertiary alicyclic amines) is 1. The Labute approximate surface area is 218 Å². The van der Waals surface area contributed by atoms with Gasteiger partial charge in [-0.15, -0.1) is 0 Å². The number of hydrogen-bond donors (Lipinski definition) is 1. The third-order valence-electron chi connectivity index (χ3n) is 6.60. The molecule has 4 rings (SSSR count). The van der Waals surface area contributed by atoms with Crippen LogP contribution in [0.3, 0.4) is 0 Å². The molecule has 1 saturated heterocycles. The van der Waals surface area contributed by atoms with Crippen molar-refractivity contribution in [2.75, 3.05) is 33.4 Å². The lowest BCUT2D eigenvalue weighted by Crippen LogP contribution is -2.37. The Morgan fingerprint density at radius 2 is 1.94 bits per heavy atom. The Balaban J connectivity index is 1.27. The number of rotatable bonds is 11. The average molecular weight is 514 g/mol. The van der Waals surface area contributed by atoms with Crippen molar-refractivity contribution in [1.29, 1.82) is 0 Å². The molecule has 0 radical (unpaired) electrons. The van der Waals surface area contributed by atoms with Crippen molar-refractivity contribution in [2.24, 2.45) is 0 Å². The number of aromatic nitrogens is 2. The molecule has 1 N–H and O–H groups in total. The molecule has 1 aliphatic rings. The van der Waals surface area contributed by atoms with Gasteiger partial charge in [0.05, 0.1) is 30.7 Å². The van der Waals surface area contributed by atoms with Crippen LogP contribution in [0.5, 0.6) is 17.2 Å². The van der Waals surface area contributed by atoms with Gasteiger partial charge in [0, 0.05) is 32.0 Å². The van der Waals surface area contributed by atoms with Gasteiger partial charge < -0.3 is 23.9 Å². The van der Waals surface area contributed by atoms with E-state index in [0.29, 0.717) is 30.2 Å². The molecule has 194 valence electrons. The highest BCUT2D eigenvalue weighted by molar-refractivity contribution is 6.32. The molecule has 0 spiro atoms. The van der Waals surface area contributed by atoms with Gasteiger partial charge in [0.25, 0.3) is 0 Å². The Kier molecular flexibility index (Phi) is 9.13. The van der Waals surface area contributed by atoms with Crippen LogP contribution in [-0.2, 0) is 13.1 Å². The molecule has 2 aromatic carbocycles. The summed E-state index contributed by atoms with van der Waals surface area (Å²) in [6.07, 6.45) is 8.67. The van der Waals surface area contributed by atoms with Gasteiger partial charge in [0.1, 0.15) is 12.4 Å². The average Bonchev–Trinajstić information content (AvgIpc) is 3.33. The molecule has 1 fully saturated rings. The summed E-state index contributed by atoms with van der Waals surface area (Å²) in [5.74, 6) is 2.12. The normalized spacial score (nSPS) is 18.6. The Bertz CT molecular complexity index is 1110. The van der Waals surface area contributed by atoms with Gasteiger partial charge in [-0.3, -0.25) is 4.90 Å². The van der Waals surface area contributed by atoms with Crippen molar-refractivity contribution in [2.45, 2.75) is 51.3 Å². The number of aliphatic hydroxyl groups is 1. The van der Waals surface area contributed by atoms with Gasteiger partial charge in [-0.25, -0.2) is 4.98 Å². The molecule has 7 nitrogen and oxygen atoms in total. The monoisotopic (exact) mass is 513 g/mol. The fraction of sp³-hybridized carbons (Fsp3) is 0.464. The number of hydrogen-bond acceptors (Lipinski definition) is 6. The Morgan fingerprint density at radius 1 is 1.06 bits per heavy atom. The van der Waals surface area contributed by atoms with Crippen LogP contribution in [0, 0.1) is 6.92 Å². The van der Waals surface area contributed by atoms with Crippen LogP contribution in [0.25, 0.3) is 0 Å². The Hall–Kier alpha value is -2.74. The van der Waals surface area contributed by atoms with E-state index in [0.717, 1.165) is 61.6 Å². The summed E-state index contributed by atoms with van der Waals surface area (Å²) in [5.41, 5.74) is 1.37. The van der Waals surface area contributed by atoms with E-state index in [9.17, 15) is 5.11 Å². The van der Waals surface area contributed by atoms with Crippen LogP contribution in [0.15, 0.2) is 55.1 Å². The molecule has 8 heteroatoms. The second-order valence-electron chi connectivity index (χ2n) is 9.56.